The number of hydrogen-bond donors (Lipinski definition) is 1. The van der Waals surface area contributed by atoms with Crippen molar-refractivity contribution in [1.82, 2.24) is 0 Å². The van der Waals surface area contributed by atoms with Gasteiger partial charge in [0, 0.05) is 6.42 Å². The average molecular weight is 292 g/mol. The molecule has 0 saturated heterocycles. The Morgan fingerprint density at radius 2 is 1.81 bits per heavy atom. The van der Waals surface area contributed by atoms with Crippen LogP contribution in [0.25, 0.3) is 0 Å². The molecule has 2 aromatic carbocycles. The molecule has 0 aromatic heterocycles. The molecular formula is C17H18F2O2. The summed E-state index contributed by atoms with van der Waals surface area (Å²) in [6.07, 6.45) is 0.563. The van der Waals surface area contributed by atoms with Crippen molar-refractivity contribution in [2.75, 3.05) is 7.11 Å². The molecule has 1 atom stereocenters. The molecule has 0 amide bonds. The topological polar surface area (TPSA) is 29.5 Å². The molecule has 0 saturated carbocycles. The third-order valence-electron chi connectivity index (χ3n) is 3.41. The molecule has 0 radical (unpaired) electrons. The smallest absolute Gasteiger partial charge is 0.162 e. The van der Waals surface area contributed by atoms with Crippen molar-refractivity contribution in [1.29, 1.82) is 0 Å². The van der Waals surface area contributed by atoms with Gasteiger partial charge in [0.05, 0.1) is 13.2 Å². The fourth-order valence-corrected chi connectivity index (χ4v) is 2.19. The van der Waals surface area contributed by atoms with Crippen LogP contribution in [0.5, 0.6) is 5.75 Å². The first-order chi connectivity index (χ1) is 10.1. The highest BCUT2D eigenvalue weighted by Crippen LogP contribution is 2.17. The molecule has 2 rings (SSSR count). The number of aryl methyl sites for hydroxylation is 1. The molecule has 0 spiro atoms. The van der Waals surface area contributed by atoms with Gasteiger partial charge in [0.15, 0.2) is 11.6 Å². The van der Waals surface area contributed by atoms with Gasteiger partial charge >= 0.3 is 0 Å². The molecule has 21 heavy (non-hydrogen) atoms. The number of methoxy groups -OCH3 is 1. The lowest BCUT2D eigenvalue weighted by atomic mass is 10.0. The molecule has 0 aliphatic carbocycles. The summed E-state index contributed by atoms with van der Waals surface area (Å²) < 4.78 is 31.7. The standard InChI is InChI=1S/C17H18F2O2/c1-21-15-9-6-12(7-10-15)5-8-14(20)11-13-3-2-4-16(18)17(13)19/h2-4,6-7,9-10,14,20H,5,8,11H2,1H3. The molecule has 0 aliphatic heterocycles. The highest BCUT2D eigenvalue weighted by atomic mass is 19.2. The normalized spacial score (nSPS) is 12.2. The van der Waals surface area contributed by atoms with Crippen LogP contribution in [0.2, 0.25) is 0 Å². The summed E-state index contributed by atoms with van der Waals surface area (Å²) in [4.78, 5) is 0. The molecular weight excluding hydrogens is 274 g/mol. The third-order valence-corrected chi connectivity index (χ3v) is 3.41. The molecule has 112 valence electrons. The summed E-state index contributed by atoms with van der Waals surface area (Å²) in [5.41, 5.74) is 1.27. The second kappa shape index (κ2) is 7.18. The zero-order valence-corrected chi connectivity index (χ0v) is 11.9. The molecule has 4 heteroatoms. The molecule has 0 aliphatic rings. The predicted molar refractivity (Wildman–Crippen MR) is 77.4 cm³/mol. The lowest BCUT2D eigenvalue weighted by Gasteiger charge is -2.12. The van der Waals surface area contributed by atoms with Crippen molar-refractivity contribution in [2.24, 2.45) is 0 Å². The number of ether oxygens (including phenoxy) is 1. The molecule has 0 fully saturated rings. The summed E-state index contributed by atoms with van der Waals surface area (Å²) in [7, 11) is 1.60. The molecule has 0 bridgehead atoms. The Balaban J connectivity index is 1.89. The summed E-state index contributed by atoms with van der Waals surface area (Å²) in [5.74, 6) is -0.975. The first-order valence-corrected chi connectivity index (χ1v) is 6.84. The van der Waals surface area contributed by atoms with E-state index in [-0.39, 0.29) is 12.0 Å². The van der Waals surface area contributed by atoms with Crippen LogP contribution in [0.4, 0.5) is 8.78 Å². The van der Waals surface area contributed by atoms with Gasteiger partial charge in [-0.05, 0) is 42.2 Å². The van der Waals surface area contributed by atoms with E-state index >= 15 is 0 Å². The van der Waals surface area contributed by atoms with Gasteiger partial charge in [-0.1, -0.05) is 24.3 Å². The van der Waals surface area contributed by atoms with Crippen LogP contribution in [0.15, 0.2) is 42.5 Å². The van der Waals surface area contributed by atoms with Crippen LogP contribution in [0, 0.1) is 11.6 Å². The minimum atomic E-state index is -0.880. The minimum Gasteiger partial charge on any atom is -0.497 e. The second-order valence-corrected chi connectivity index (χ2v) is 4.96. The van der Waals surface area contributed by atoms with Gasteiger partial charge in [-0.25, -0.2) is 8.78 Å². The van der Waals surface area contributed by atoms with Crippen LogP contribution < -0.4 is 4.74 Å². The second-order valence-electron chi connectivity index (χ2n) is 4.96. The zero-order chi connectivity index (χ0) is 15.2. The van der Waals surface area contributed by atoms with Crippen molar-refractivity contribution >= 4 is 0 Å². The Hall–Kier alpha value is -1.94. The minimum absolute atomic E-state index is 0.111. The van der Waals surface area contributed by atoms with Crippen molar-refractivity contribution in [2.45, 2.75) is 25.4 Å². The van der Waals surface area contributed by atoms with E-state index in [1.54, 1.807) is 7.11 Å². The van der Waals surface area contributed by atoms with E-state index in [2.05, 4.69) is 0 Å². The first kappa shape index (κ1) is 15.4. The average Bonchev–Trinajstić information content (AvgIpc) is 2.50. The van der Waals surface area contributed by atoms with Crippen molar-refractivity contribution < 1.29 is 18.6 Å². The molecule has 1 unspecified atom stereocenters. The maximum Gasteiger partial charge on any atom is 0.162 e. The van der Waals surface area contributed by atoms with Gasteiger partial charge < -0.3 is 9.84 Å². The first-order valence-electron chi connectivity index (χ1n) is 6.84. The number of aliphatic hydroxyl groups is 1. The number of aliphatic hydroxyl groups excluding tert-OH is 1. The van der Waals surface area contributed by atoms with Crippen LogP contribution >= 0.6 is 0 Å². The van der Waals surface area contributed by atoms with E-state index in [4.69, 9.17) is 4.74 Å². The number of rotatable bonds is 6. The Morgan fingerprint density at radius 1 is 1.10 bits per heavy atom. The lowest BCUT2D eigenvalue weighted by Crippen LogP contribution is -2.13. The molecule has 1 N–H and O–H groups in total. The highest BCUT2D eigenvalue weighted by molar-refractivity contribution is 5.27. The van der Waals surface area contributed by atoms with E-state index in [1.165, 1.54) is 12.1 Å². The maximum atomic E-state index is 13.5. The number of benzene rings is 2. The lowest BCUT2D eigenvalue weighted by molar-refractivity contribution is 0.163. The van der Waals surface area contributed by atoms with Gasteiger partial charge in [0.2, 0.25) is 0 Å². The SMILES string of the molecule is COc1ccc(CCC(O)Cc2cccc(F)c2F)cc1. The van der Waals surface area contributed by atoms with E-state index in [0.717, 1.165) is 17.4 Å². The van der Waals surface area contributed by atoms with Gasteiger partial charge in [-0.2, -0.15) is 0 Å². The number of hydrogen-bond acceptors (Lipinski definition) is 2. The van der Waals surface area contributed by atoms with E-state index < -0.39 is 17.7 Å². The van der Waals surface area contributed by atoms with Crippen molar-refractivity contribution in [3.05, 3.63) is 65.2 Å². The van der Waals surface area contributed by atoms with Crippen molar-refractivity contribution in [3.8, 4) is 5.75 Å². The fourth-order valence-electron chi connectivity index (χ4n) is 2.19. The predicted octanol–water partition coefficient (Wildman–Crippen LogP) is 3.51. The van der Waals surface area contributed by atoms with Crippen molar-refractivity contribution in [3.63, 3.8) is 0 Å². The Morgan fingerprint density at radius 3 is 2.48 bits per heavy atom. The van der Waals surface area contributed by atoms with Crippen LogP contribution in [-0.4, -0.2) is 18.3 Å². The van der Waals surface area contributed by atoms with Gasteiger partial charge in [0.25, 0.3) is 0 Å². The third kappa shape index (κ3) is 4.26. The number of halogens is 2. The summed E-state index contributed by atoms with van der Waals surface area (Å²) in [6, 6.07) is 11.6. The summed E-state index contributed by atoms with van der Waals surface area (Å²) in [6.45, 7) is 0. The van der Waals surface area contributed by atoms with Gasteiger partial charge in [-0.3, -0.25) is 0 Å². The quantitative estimate of drug-likeness (QED) is 0.883. The van der Waals surface area contributed by atoms with Gasteiger partial charge in [-0.15, -0.1) is 0 Å². The highest BCUT2D eigenvalue weighted by Gasteiger charge is 2.12. The maximum absolute atomic E-state index is 13.5. The van der Waals surface area contributed by atoms with E-state index in [0.29, 0.717) is 12.8 Å². The van der Waals surface area contributed by atoms with Crippen LogP contribution in [-0.2, 0) is 12.8 Å². The molecule has 0 heterocycles. The van der Waals surface area contributed by atoms with E-state index in [9.17, 15) is 13.9 Å². The Bertz CT molecular complexity index is 582. The van der Waals surface area contributed by atoms with Gasteiger partial charge in [0.1, 0.15) is 5.75 Å². The molecule has 2 nitrogen and oxygen atoms in total. The molecule has 2 aromatic rings. The van der Waals surface area contributed by atoms with E-state index in [1.807, 2.05) is 24.3 Å². The monoisotopic (exact) mass is 292 g/mol. The largest absolute Gasteiger partial charge is 0.497 e. The summed E-state index contributed by atoms with van der Waals surface area (Å²) in [5, 5.41) is 9.97. The Labute approximate surface area is 123 Å². The zero-order valence-electron chi connectivity index (χ0n) is 11.9. The van der Waals surface area contributed by atoms with Crippen LogP contribution in [0.3, 0.4) is 0 Å². The Kier molecular flexibility index (Phi) is 5.28. The fraction of sp³-hybridized carbons (Fsp3) is 0.294. The van der Waals surface area contributed by atoms with Crippen LogP contribution in [0.1, 0.15) is 17.5 Å². The summed E-state index contributed by atoms with van der Waals surface area (Å²) >= 11 is 0.